The monoisotopic (exact) mass is 727 g/mol. The molecule has 0 saturated heterocycles. The van der Waals surface area contributed by atoms with Crippen molar-refractivity contribution in [2.24, 2.45) is 0 Å². The van der Waals surface area contributed by atoms with Crippen molar-refractivity contribution in [3.05, 3.63) is 71.8 Å². The first-order chi connectivity index (χ1) is 24.7. The fraction of sp³-hybridized carbons (Fsp3) is 0.575. The summed E-state index contributed by atoms with van der Waals surface area (Å²) in [6.07, 6.45) is 2.20. The van der Waals surface area contributed by atoms with E-state index in [2.05, 4.69) is 17.4 Å². The van der Waals surface area contributed by atoms with Crippen molar-refractivity contribution in [1.29, 1.82) is 0 Å². The average molecular weight is 728 g/mol. The number of carbonyl (C=O) groups is 3. The number of hydrogen-bond acceptors (Lipinski definition) is 11. The van der Waals surface area contributed by atoms with E-state index in [4.69, 9.17) is 37.9 Å². The SMILES string of the molecule is C[C@@H](OC(C)(C)C)[C@H](NC(=O)OCC1c2ccccc2-c2ccccc21)C(=O)OC/C=C/COCCOCCOCCOCCC(=O)OC(C)(C)C. The molecule has 0 bridgehead atoms. The lowest BCUT2D eigenvalue weighted by molar-refractivity contribution is -0.156. The molecule has 2 aromatic rings. The van der Waals surface area contributed by atoms with Crippen LogP contribution in [-0.2, 0) is 47.5 Å². The van der Waals surface area contributed by atoms with Gasteiger partial charge in [0, 0.05) is 5.92 Å². The standard InChI is InChI=1S/C40H57NO11/c1-29(51-39(2,3)4)36(41-38(44)50-28-34-32-16-10-8-14-30(32)31-15-9-11-17-33(31)34)37(43)49-20-13-12-19-45-22-24-47-26-27-48-25-23-46-21-18-35(42)52-40(5,6)7/h8-17,29,34,36H,18-28H2,1-7H3,(H,41,44)/b13-12+/t29-,36+/m1/s1. The van der Waals surface area contributed by atoms with Gasteiger partial charge in [-0.25, -0.2) is 9.59 Å². The molecule has 0 heterocycles. The highest BCUT2D eigenvalue weighted by atomic mass is 16.6. The number of hydrogen-bond donors (Lipinski definition) is 1. The summed E-state index contributed by atoms with van der Waals surface area (Å²) in [7, 11) is 0. The first-order valence-corrected chi connectivity index (χ1v) is 17.9. The van der Waals surface area contributed by atoms with E-state index in [1.54, 1.807) is 19.1 Å². The minimum atomic E-state index is -1.09. The minimum Gasteiger partial charge on any atom is -0.460 e. The first kappa shape index (κ1) is 42.6. The molecule has 0 saturated carbocycles. The van der Waals surface area contributed by atoms with Gasteiger partial charge in [0.15, 0.2) is 6.04 Å². The van der Waals surface area contributed by atoms with Gasteiger partial charge in [-0.1, -0.05) is 54.6 Å². The number of carbonyl (C=O) groups excluding carboxylic acids is 3. The third-order valence-electron chi connectivity index (χ3n) is 7.57. The maximum atomic E-state index is 13.1. The van der Waals surface area contributed by atoms with Crippen molar-refractivity contribution in [2.45, 2.75) is 84.2 Å². The maximum absolute atomic E-state index is 13.1. The number of ether oxygens (including phenoxy) is 8. The zero-order chi connectivity index (χ0) is 38.0. The summed E-state index contributed by atoms with van der Waals surface area (Å²) < 4.78 is 44.2. The lowest BCUT2D eigenvalue weighted by Gasteiger charge is -2.30. The van der Waals surface area contributed by atoms with Crippen molar-refractivity contribution < 1.29 is 52.3 Å². The summed E-state index contributed by atoms with van der Waals surface area (Å²) in [5, 5.41) is 2.67. The largest absolute Gasteiger partial charge is 0.460 e. The zero-order valence-corrected chi connectivity index (χ0v) is 31.8. The van der Waals surface area contributed by atoms with Gasteiger partial charge in [0.1, 0.15) is 18.8 Å². The Kier molecular flexibility index (Phi) is 17.7. The van der Waals surface area contributed by atoms with Crippen LogP contribution in [0.15, 0.2) is 60.7 Å². The molecule has 0 fully saturated rings. The number of esters is 2. The van der Waals surface area contributed by atoms with E-state index in [0.29, 0.717) is 46.2 Å². The van der Waals surface area contributed by atoms with Gasteiger partial charge >= 0.3 is 18.0 Å². The van der Waals surface area contributed by atoms with Gasteiger partial charge in [0.25, 0.3) is 0 Å². The van der Waals surface area contributed by atoms with E-state index < -0.39 is 35.4 Å². The van der Waals surface area contributed by atoms with Crippen molar-refractivity contribution in [1.82, 2.24) is 5.32 Å². The van der Waals surface area contributed by atoms with Gasteiger partial charge in [-0.15, -0.1) is 0 Å². The molecule has 2 aromatic carbocycles. The number of amides is 1. The van der Waals surface area contributed by atoms with Crippen molar-refractivity contribution in [2.75, 3.05) is 66.1 Å². The van der Waals surface area contributed by atoms with Gasteiger partial charge in [0.2, 0.25) is 0 Å². The molecular weight excluding hydrogens is 670 g/mol. The number of fused-ring (bicyclic) bond motifs is 3. The van der Waals surface area contributed by atoms with Gasteiger partial charge in [-0.3, -0.25) is 4.79 Å². The molecule has 0 unspecified atom stereocenters. The number of benzene rings is 2. The Morgan fingerprint density at radius 1 is 0.692 bits per heavy atom. The molecule has 52 heavy (non-hydrogen) atoms. The van der Waals surface area contributed by atoms with Crippen LogP contribution in [0.1, 0.15) is 71.9 Å². The van der Waals surface area contributed by atoms with Crippen LogP contribution in [0.5, 0.6) is 0 Å². The molecule has 3 rings (SSSR count). The maximum Gasteiger partial charge on any atom is 0.407 e. The number of alkyl carbamates (subject to hydrolysis) is 1. The van der Waals surface area contributed by atoms with Crippen LogP contribution in [0.2, 0.25) is 0 Å². The molecule has 1 aliphatic rings. The molecule has 12 nitrogen and oxygen atoms in total. The molecule has 0 aromatic heterocycles. The topological polar surface area (TPSA) is 137 Å². The Hall–Kier alpha value is -3.81. The van der Waals surface area contributed by atoms with E-state index in [-0.39, 0.29) is 38.1 Å². The van der Waals surface area contributed by atoms with Gasteiger partial charge < -0.3 is 43.2 Å². The van der Waals surface area contributed by atoms with E-state index >= 15 is 0 Å². The molecular formula is C40H57NO11. The third-order valence-corrected chi connectivity index (χ3v) is 7.57. The Morgan fingerprint density at radius 3 is 1.77 bits per heavy atom. The van der Waals surface area contributed by atoms with Crippen molar-refractivity contribution in [3.63, 3.8) is 0 Å². The lowest BCUT2D eigenvalue weighted by atomic mass is 9.98. The predicted octanol–water partition coefficient (Wildman–Crippen LogP) is 5.99. The quantitative estimate of drug-likeness (QED) is 0.0663. The minimum absolute atomic E-state index is 0.00808. The number of rotatable bonds is 22. The second-order valence-electron chi connectivity index (χ2n) is 14.2. The predicted molar refractivity (Wildman–Crippen MR) is 196 cm³/mol. The molecule has 0 radical (unpaired) electrons. The van der Waals surface area contributed by atoms with Crippen LogP contribution in [0, 0.1) is 0 Å². The smallest absolute Gasteiger partial charge is 0.407 e. The van der Waals surface area contributed by atoms with Crippen LogP contribution in [-0.4, -0.2) is 107 Å². The van der Waals surface area contributed by atoms with E-state index in [0.717, 1.165) is 22.3 Å². The highest BCUT2D eigenvalue weighted by molar-refractivity contribution is 5.82. The zero-order valence-electron chi connectivity index (χ0n) is 31.8. The third kappa shape index (κ3) is 15.8. The fourth-order valence-corrected chi connectivity index (χ4v) is 5.48. The van der Waals surface area contributed by atoms with E-state index in [1.807, 2.05) is 77.9 Å². The van der Waals surface area contributed by atoms with E-state index in [9.17, 15) is 14.4 Å². The summed E-state index contributed by atoms with van der Waals surface area (Å²) in [5.74, 6) is -1.04. The Balaban J connectivity index is 1.29. The molecule has 1 aliphatic carbocycles. The van der Waals surface area contributed by atoms with Gasteiger partial charge in [-0.05, 0) is 76.8 Å². The van der Waals surface area contributed by atoms with Crippen LogP contribution in [0.4, 0.5) is 4.79 Å². The van der Waals surface area contributed by atoms with Gasteiger partial charge in [0.05, 0.1) is 71.0 Å². The molecule has 0 spiro atoms. The summed E-state index contributed by atoms with van der Waals surface area (Å²) in [6, 6.07) is 15.1. The molecule has 1 N–H and O–H groups in total. The molecule has 12 heteroatoms. The van der Waals surface area contributed by atoms with Crippen LogP contribution >= 0.6 is 0 Å². The lowest BCUT2D eigenvalue weighted by Crippen LogP contribution is -2.51. The van der Waals surface area contributed by atoms with Crippen molar-refractivity contribution in [3.8, 4) is 11.1 Å². The molecule has 0 aliphatic heterocycles. The van der Waals surface area contributed by atoms with E-state index in [1.165, 1.54) is 0 Å². The number of nitrogens with one attached hydrogen (secondary N) is 1. The highest BCUT2D eigenvalue weighted by Crippen LogP contribution is 2.44. The molecule has 2 atom stereocenters. The normalized spacial score (nSPS) is 14.1. The van der Waals surface area contributed by atoms with Gasteiger partial charge in [-0.2, -0.15) is 0 Å². The average Bonchev–Trinajstić information content (AvgIpc) is 3.39. The highest BCUT2D eigenvalue weighted by Gasteiger charge is 2.34. The second-order valence-corrected chi connectivity index (χ2v) is 14.2. The Morgan fingerprint density at radius 2 is 1.21 bits per heavy atom. The molecule has 1 amide bonds. The first-order valence-electron chi connectivity index (χ1n) is 17.9. The van der Waals surface area contributed by atoms with Crippen LogP contribution < -0.4 is 5.32 Å². The van der Waals surface area contributed by atoms with Crippen LogP contribution in [0.25, 0.3) is 11.1 Å². The Labute approximate surface area is 308 Å². The molecule has 288 valence electrons. The second kappa shape index (κ2) is 21.7. The summed E-state index contributed by atoms with van der Waals surface area (Å²) in [5.41, 5.74) is 3.39. The van der Waals surface area contributed by atoms with Crippen LogP contribution in [0.3, 0.4) is 0 Å². The Bertz CT molecular complexity index is 1380. The summed E-state index contributed by atoms with van der Waals surface area (Å²) in [6.45, 7) is 15.9. The summed E-state index contributed by atoms with van der Waals surface area (Å²) >= 11 is 0. The fourth-order valence-electron chi connectivity index (χ4n) is 5.48. The van der Waals surface area contributed by atoms with Crippen molar-refractivity contribution >= 4 is 18.0 Å². The summed E-state index contributed by atoms with van der Waals surface area (Å²) in [4.78, 5) is 37.8.